The molecule has 1 saturated heterocycles. The second kappa shape index (κ2) is 7.30. The minimum Gasteiger partial charge on any atom is -0.508 e. The molecule has 2 aromatic carbocycles. The summed E-state index contributed by atoms with van der Waals surface area (Å²) in [6.07, 6.45) is 4.97. The van der Waals surface area contributed by atoms with Gasteiger partial charge < -0.3 is 5.11 Å². The van der Waals surface area contributed by atoms with Gasteiger partial charge in [-0.15, -0.1) is 0 Å². The van der Waals surface area contributed by atoms with Crippen LogP contribution in [0.2, 0.25) is 0 Å². The highest BCUT2D eigenvalue weighted by Gasteiger charge is 2.39. The lowest BCUT2D eigenvalue weighted by molar-refractivity contribution is 0.0650. The number of benzene rings is 2. The summed E-state index contributed by atoms with van der Waals surface area (Å²) in [7, 11) is 0. The van der Waals surface area contributed by atoms with Crippen LogP contribution >= 0.6 is 0 Å². The molecule has 2 aliphatic heterocycles. The highest BCUT2D eigenvalue weighted by Crippen LogP contribution is 2.43. The topological polar surface area (TPSA) is 60.9 Å². The van der Waals surface area contributed by atoms with E-state index < -0.39 is 0 Å². The Labute approximate surface area is 170 Å². The van der Waals surface area contributed by atoms with E-state index in [4.69, 9.17) is 0 Å². The van der Waals surface area contributed by atoms with Crippen molar-refractivity contribution in [3.63, 3.8) is 0 Å². The predicted octanol–water partition coefficient (Wildman–Crippen LogP) is 3.57. The fourth-order valence-corrected chi connectivity index (χ4v) is 5.47. The van der Waals surface area contributed by atoms with Gasteiger partial charge in [0, 0.05) is 18.5 Å². The van der Waals surface area contributed by atoms with Crippen LogP contribution in [0.5, 0.6) is 5.75 Å². The number of fused-ring (bicyclic) bond motifs is 4. The van der Waals surface area contributed by atoms with Crippen LogP contribution in [-0.4, -0.2) is 52.4 Å². The van der Waals surface area contributed by atoms with E-state index in [1.165, 1.54) is 10.5 Å². The summed E-state index contributed by atoms with van der Waals surface area (Å²) in [5.41, 5.74) is 3.53. The summed E-state index contributed by atoms with van der Waals surface area (Å²) < 4.78 is 0. The molecule has 2 heterocycles. The molecule has 5 heteroatoms. The summed E-state index contributed by atoms with van der Waals surface area (Å²) in [5, 5.41) is 10.2. The van der Waals surface area contributed by atoms with E-state index >= 15 is 0 Å². The quantitative estimate of drug-likeness (QED) is 0.626. The van der Waals surface area contributed by atoms with E-state index in [-0.39, 0.29) is 11.8 Å². The van der Waals surface area contributed by atoms with Crippen molar-refractivity contribution in [3.05, 3.63) is 64.7 Å². The molecule has 150 valence electrons. The van der Waals surface area contributed by atoms with E-state index in [2.05, 4.69) is 11.0 Å². The van der Waals surface area contributed by atoms with Gasteiger partial charge in [-0.3, -0.25) is 19.4 Å². The molecule has 2 aromatic rings. The average molecular weight is 390 g/mol. The molecule has 0 saturated carbocycles. The first-order valence-electron chi connectivity index (χ1n) is 10.6. The van der Waals surface area contributed by atoms with Crippen LogP contribution in [0.4, 0.5) is 0 Å². The van der Waals surface area contributed by atoms with Crippen LogP contribution in [0.15, 0.2) is 42.5 Å². The number of aromatic hydroxyl groups is 1. The van der Waals surface area contributed by atoms with Crippen LogP contribution in [0.1, 0.15) is 63.4 Å². The van der Waals surface area contributed by atoms with Gasteiger partial charge in [0.2, 0.25) is 0 Å². The van der Waals surface area contributed by atoms with Crippen molar-refractivity contribution in [1.29, 1.82) is 0 Å². The van der Waals surface area contributed by atoms with Crippen molar-refractivity contribution in [2.75, 3.05) is 19.6 Å². The first-order chi connectivity index (χ1) is 14.1. The lowest BCUT2D eigenvalue weighted by Gasteiger charge is -2.33. The summed E-state index contributed by atoms with van der Waals surface area (Å²) in [4.78, 5) is 28.9. The third-order valence-corrected chi connectivity index (χ3v) is 6.89. The summed E-state index contributed by atoms with van der Waals surface area (Å²) in [6, 6.07) is 13.6. The molecule has 0 radical (unpaired) electrons. The highest BCUT2D eigenvalue weighted by atomic mass is 16.3. The molecule has 1 aliphatic carbocycles. The van der Waals surface area contributed by atoms with E-state index in [9.17, 15) is 14.7 Å². The summed E-state index contributed by atoms with van der Waals surface area (Å²) >= 11 is 0. The molecular formula is C24H26N2O3. The number of likely N-dealkylation sites (tertiary alicyclic amines) is 1. The lowest BCUT2D eigenvalue weighted by atomic mass is 9.79. The van der Waals surface area contributed by atoms with Gasteiger partial charge in [0.25, 0.3) is 11.8 Å². The minimum absolute atomic E-state index is 0.157. The molecule has 1 N–H and O–H groups in total. The van der Waals surface area contributed by atoms with Crippen molar-refractivity contribution in [2.45, 2.75) is 44.1 Å². The largest absolute Gasteiger partial charge is 0.508 e. The molecule has 2 amide bonds. The van der Waals surface area contributed by atoms with Crippen LogP contribution in [0, 0.1) is 0 Å². The van der Waals surface area contributed by atoms with E-state index in [1.807, 2.05) is 6.07 Å². The SMILES string of the molecule is O=C1c2ccccc2C(=O)N1CCCCN1CC[C@@H]2c3cccc(O)c3CC[C@@H]21. The number of carbonyl (C=O) groups is 2. The van der Waals surface area contributed by atoms with Gasteiger partial charge in [0.15, 0.2) is 0 Å². The molecule has 3 aliphatic rings. The van der Waals surface area contributed by atoms with Gasteiger partial charge in [0.1, 0.15) is 5.75 Å². The Morgan fingerprint density at radius 1 is 0.897 bits per heavy atom. The Morgan fingerprint density at radius 2 is 1.62 bits per heavy atom. The van der Waals surface area contributed by atoms with Gasteiger partial charge in [-0.2, -0.15) is 0 Å². The van der Waals surface area contributed by atoms with E-state index in [0.29, 0.717) is 35.4 Å². The van der Waals surface area contributed by atoms with Crippen molar-refractivity contribution in [3.8, 4) is 5.75 Å². The first kappa shape index (κ1) is 18.4. The van der Waals surface area contributed by atoms with Gasteiger partial charge >= 0.3 is 0 Å². The zero-order valence-electron chi connectivity index (χ0n) is 16.5. The minimum atomic E-state index is -0.157. The number of hydrogen-bond acceptors (Lipinski definition) is 4. The molecular weight excluding hydrogens is 364 g/mol. The van der Waals surface area contributed by atoms with E-state index in [0.717, 1.165) is 50.8 Å². The number of carbonyl (C=O) groups excluding carboxylic acids is 2. The van der Waals surface area contributed by atoms with Crippen LogP contribution in [-0.2, 0) is 6.42 Å². The van der Waals surface area contributed by atoms with E-state index in [1.54, 1.807) is 30.3 Å². The number of rotatable bonds is 5. The molecule has 29 heavy (non-hydrogen) atoms. The van der Waals surface area contributed by atoms with Crippen LogP contribution in [0.3, 0.4) is 0 Å². The highest BCUT2D eigenvalue weighted by molar-refractivity contribution is 6.21. The van der Waals surface area contributed by atoms with Crippen molar-refractivity contribution in [1.82, 2.24) is 9.80 Å². The van der Waals surface area contributed by atoms with Gasteiger partial charge in [-0.25, -0.2) is 0 Å². The van der Waals surface area contributed by atoms with Crippen LogP contribution < -0.4 is 0 Å². The normalized spacial score (nSPS) is 23.2. The Bertz CT molecular complexity index is 935. The maximum absolute atomic E-state index is 12.5. The number of imide groups is 1. The Kier molecular flexibility index (Phi) is 4.63. The molecule has 1 fully saturated rings. The standard InChI is InChI=1S/C24H26N2O3/c27-22-9-5-8-16-17-12-15-25(21(17)11-10-18(16)22)13-3-4-14-26-23(28)19-6-1-2-7-20(19)24(26)29/h1-2,5-9,17,21,27H,3-4,10-15H2/t17-,21+/m1/s1. The third kappa shape index (κ3) is 3.04. The molecule has 0 unspecified atom stereocenters. The molecule has 0 spiro atoms. The Balaban J connectivity index is 1.16. The first-order valence-corrected chi connectivity index (χ1v) is 10.6. The number of phenols is 1. The second-order valence-corrected chi connectivity index (χ2v) is 8.40. The lowest BCUT2D eigenvalue weighted by Crippen LogP contribution is -2.36. The average Bonchev–Trinajstić information content (AvgIpc) is 3.26. The predicted molar refractivity (Wildman–Crippen MR) is 110 cm³/mol. The monoisotopic (exact) mass is 390 g/mol. The Morgan fingerprint density at radius 3 is 2.38 bits per heavy atom. The molecule has 0 bridgehead atoms. The molecule has 2 atom stereocenters. The number of phenolic OH excluding ortho intramolecular Hbond substituents is 1. The molecule has 5 nitrogen and oxygen atoms in total. The van der Waals surface area contributed by atoms with Crippen molar-refractivity contribution < 1.29 is 14.7 Å². The number of amides is 2. The zero-order valence-corrected chi connectivity index (χ0v) is 16.5. The van der Waals surface area contributed by atoms with Crippen LogP contribution in [0.25, 0.3) is 0 Å². The Hall–Kier alpha value is -2.66. The number of nitrogens with zero attached hydrogens (tertiary/aromatic N) is 2. The summed E-state index contributed by atoms with van der Waals surface area (Å²) in [5.74, 6) is 0.647. The number of unbranched alkanes of at least 4 members (excludes halogenated alkanes) is 1. The van der Waals surface area contributed by atoms with Crippen molar-refractivity contribution in [2.24, 2.45) is 0 Å². The summed E-state index contributed by atoms with van der Waals surface area (Å²) in [6.45, 7) is 2.57. The third-order valence-electron chi connectivity index (χ3n) is 6.89. The zero-order chi connectivity index (χ0) is 20.0. The van der Waals surface area contributed by atoms with Gasteiger partial charge in [-0.1, -0.05) is 24.3 Å². The fraction of sp³-hybridized carbons (Fsp3) is 0.417. The van der Waals surface area contributed by atoms with Gasteiger partial charge in [-0.05, 0) is 74.5 Å². The second-order valence-electron chi connectivity index (χ2n) is 8.40. The fourth-order valence-electron chi connectivity index (χ4n) is 5.47. The van der Waals surface area contributed by atoms with Crippen molar-refractivity contribution >= 4 is 11.8 Å². The smallest absolute Gasteiger partial charge is 0.261 e. The molecule has 5 rings (SSSR count). The van der Waals surface area contributed by atoms with Gasteiger partial charge in [0.05, 0.1) is 11.1 Å². The maximum Gasteiger partial charge on any atom is 0.261 e. The maximum atomic E-state index is 12.5. The molecule has 0 aromatic heterocycles. The number of hydrogen-bond donors (Lipinski definition) is 1.